The second kappa shape index (κ2) is 11.5. The van der Waals surface area contributed by atoms with Crippen molar-refractivity contribution in [2.24, 2.45) is 0 Å². The highest BCUT2D eigenvalue weighted by Gasteiger charge is 2.17. The minimum absolute atomic E-state index is 0.000438. The molecule has 2 aromatic carbocycles. The van der Waals surface area contributed by atoms with Gasteiger partial charge in [-0.05, 0) is 58.6 Å². The molecule has 0 aliphatic carbocycles. The normalized spacial score (nSPS) is 11.5. The molecule has 7 heteroatoms. The van der Waals surface area contributed by atoms with Gasteiger partial charge < -0.3 is 20.7 Å². The highest BCUT2D eigenvalue weighted by atomic mass is 79.9. The lowest BCUT2D eigenvalue weighted by molar-refractivity contribution is -0.120. The Kier molecular flexibility index (Phi) is 8.48. The molecule has 166 valence electrons. The number of aliphatic hydroxyl groups excluding tert-OH is 1. The van der Waals surface area contributed by atoms with Gasteiger partial charge in [-0.2, -0.15) is 0 Å². The van der Waals surface area contributed by atoms with E-state index in [1.165, 1.54) is 0 Å². The number of carbonyl (C=O) groups is 2. The van der Waals surface area contributed by atoms with Crippen molar-refractivity contribution in [3.63, 3.8) is 0 Å². The third kappa shape index (κ3) is 6.22. The van der Waals surface area contributed by atoms with E-state index < -0.39 is 6.04 Å². The molecule has 1 heterocycles. The van der Waals surface area contributed by atoms with E-state index in [0.717, 1.165) is 22.0 Å². The first-order valence-electron chi connectivity index (χ1n) is 10.5. The summed E-state index contributed by atoms with van der Waals surface area (Å²) in [6.07, 6.45) is 4.15. The zero-order valence-corrected chi connectivity index (χ0v) is 19.5. The van der Waals surface area contributed by atoms with E-state index in [0.29, 0.717) is 35.7 Å². The van der Waals surface area contributed by atoms with Crippen LogP contribution < -0.4 is 10.6 Å². The van der Waals surface area contributed by atoms with E-state index in [4.69, 9.17) is 0 Å². The first-order chi connectivity index (χ1) is 15.5. The predicted octanol–water partition coefficient (Wildman–Crippen LogP) is 3.53. The second-order valence-electron chi connectivity index (χ2n) is 7.44. The number of unbranched alkanes of at least 4 members (excludes halogenated alkanes) is 1. The monoisotopic (exact) mass is 495 g/mol. The van der Waals surface area contributed by atoms with Crippen LogP contribution in [0.5, 0.6) is 0 Å². The molecule has 0 fully saturated rings. The average Bonchev–Trinajstić information content (AvgIpc) is 3.21. The Balaban J connectivity index is 1.65. The highest BCUT2D eigenvalue weighted by molar-refractivity contribution is 9.10. The van der Waals surface area contributed by atoms with Crippen LogP contribution in [0.15, 0.2) is 53.1 Å². The Hall–Kier alpha value is -3.08. The predicted molar refractivity (Wildman–Crippen MR) is 129 cm³/mol. The summed E-state index contributed by atoms with van der Waals surface area (Å²) in [5.41, 5.74) is 3.24. The van der Waals surface area contributed by atoms with E-state index in [-0.39, 0.29) is 18.4 Å². The number of aromatic amines is 1. The number of halogens is 1. The van der Waals surface area contributed by atoms with Gasteiger partial charge in [0.25, 0.3) is 5.91 Å². The summed E-state index contributed by atoms with van der Waals surface area (Å²) in [4.78, 5) is 27.4. The minimum Gasteiger partial charge on any atom is -0.394 e. The highest BCUT2D eigenvalue weighted by Crippen LogP contribution is 2.21. The molecule has 0 radical (unpaired) electrons. The number of rotatable bonds is 8. The van der Waals surface area contributed by atoms with Crippen molar-refractivity contribution in [2.75, 3.05) is 13.7 Å². The zero-order valence-electron chi connectivity index (χ0n) is 17.9. The first-order valence-corrected chi connectivity index (χ1v) is 11.3. The second-order valence-corrected chi connectivity index (χ2v) is 8.29. The summed E-state index contributed by atoms with van der Waals surface area (Å²) in [6.45, 7) is -0.173. The maximum atomic E-state index is 12.9. The van der Waals surface area contributed by atoms with Crippen LogP contribution in [0.2, 0.25) is 0 Å². The number of aliphatic hydroxyl groups is 1. The first kappa shape index (κ1) is 23.6. The van der Waals surface area contributed by atoms with Crippen LogP contribution in [0, 0.1) is 11.8 Å². The van der Waals surface area contributed by atoms with Gasteiger partial charge in [0.15, 0.2) is 0 Å². The van der Waals surface area contributed by atoms with Crippen LogP contribution in [0.3, 0.4) is 0 Å². The van der Waals surface area contributed by atoms with E-state index in [1.54, 1.807) is 19.2 Å². The number of carbonyl (C=O) groups excluding carboxylic acids is 2. The van der Waals surface area contributed by atoms with Crippen LogP contribution in [-0.4, -0.2) is 41.6 Å². The topological polar surface area (TPSA) is 94.2 Å². The van der Waals surface area contributed by atoms with E-state index >= 15 is 0 Å². The molecule has 32 heavy (non-hydrogen) atoms. The Labute approximate surface area is 195 Å². The molecule has 1 aromatic heterocycles. The fraction of sp³-hybridized carbons (Fsp3) is 0.280. The van der Waals surface area contributed by atoms with Gasteiger partial charge in [0.1, 0.15) is 0 Å². The van der Waals surface area contributed by atoms with Gasteiger partial charge in [-0.1, -0.05) is 30.0 Å². The van der Waals surface area contributed by atoms with Crippen LogP contribution >= 0.6 is 15.9 Å². The zero-order chi connectivity index (χ0) is 22.9. The van der Waals surface area contributed by atoms with Gasteiger partial charge >= 0.3 is 0 Å². The number of amides is 2. The largest absolute Gasteiger partial charge is 0.394 e. The van der Waals surface area contributed by atoms with Gasteiger partial charge in [-0.3, -0.25) is 9.59 Å². The van der Waals surface area contributed by atoms with Gasteiger partial charge in [0, 0.05) is 47.0 Å². The molecule has 2 amide bonds. The van der Waals surface area contributed by atoms with Crippen molar-refractivity contribution in [1.82, 2.24) is 15.6 Å². The molecule has 0 saturated heterocycles. The van der Waals surface area contributed by atoms with Crippen molar-refractivity contribution in [2.45, 2.75) is 31.7 Å². The Morgan fingerprint density at radius 1 is 1.22 bits per heavy atom. The maximum Gasteiger partial charge on any atom is 0.252 e. The number of fused-ring (bicyclic) bond motifs is 1. The lowest BCUT2D eigenvalue weighted by Crippen LogP contribution is -2.39. The fourth-order valence-corrected chi connectivity index (χ4v) is 3.82. The van der Waals surface area contributed by atoms with Gasteiger partial charge in [-0.25, -0.2) is 0 Å². The standard InChI is InChI=1S/C25H26BrN3O3/c1-27-24(31)10-4-2-3-7-17-11-12-22(26)21(13-17)25(32)29-19(16-30)14-18-15-28-23-9-6-5-8-20(18)23/h5-6,8-9,11-13,15,19,28,30H,2,4,10,14,16H2,1H3,(H,27,31)(H,29,32)/t19-/m1/s1. The molecule has 3 aromatic rings. The molecule has 0 aliphatic rings. The number of hydrogen-bond acceptors (Lipinski definition) is 3. The summed E-state index contributed by atoms with van der Waals surface area (Å²) < 4.78 is 0.656. The van der Waals surface area contributed by atoms with Gasteiger partial charge in [-0.15, -0.1) is 0 Å². The molecule has 0 saturated carbocycles. The van der Waals surface area contributed by atoms with E-state index in [1.807, 2.05) is 36.5 Å². The molecule has 1 atom stereocenters. The van der Waals surface area contributed by atoms with Crippen LogP contribution in [-0.2, 0) is 11.2 Å². The third-order valence-corrected chi connectivity index (χ3v) is 5.82. The van der Waals surface area contributed by atoms with Crippen LogP contribution in [0.4, 0.5) is 0 Å². The lowest BCUT2D eigenvalue weighted by atomic mass is 10.0. The van der Waals surface area contributed by atoms with Crippen molar-refractivity contribution in [3.05, 3.63) is 69.8 Å². The molecule has 3 rings (SSSR count). The van der Waals surface area contributed by atoms with Crippen molar-refractivity contribution in [3.8, 4) is 11.8 Å². The number of para-hydroxylation sites is 1. The SMILES string of the molecule is CNC(=O)CCCC#Cc1ccc(Br)c(C(=O)N[C@@H](CO)Cc2c[nH]c3ccccc23)c1. The number of hydrogen-bond donors (Lipinski definition) is 4. The van der Waals surface area contributed by atoms with Crippen LogP contribution in [0.1, 0.15) is 40.7 Å². The summed E-state index contributed by atoms with van der Waals surface area (Å²) in [5.74, 6) is 5.81. The summed E-state index contributed by atoms with van der Waals surface area (Å²) in [7, 11) is 1.62. The number of H-pyrrole nitrogens is 1. The third-order valence-electron chi connectivity index (χ3n) is 5.13. The molecular weight excluding hydrogens is 470 g/mol. The smallest absolute Gasteiger partial charge is 0.252 e. The molecular formula is C25H26BrN3O3. The molecule has 4 N–H and O–H groups in total. The average molecular weight is 496 g/mol. The van der Waals surface area contributed by atoms with Gasteiger partial charge in [0.05, 0.1) is 18.2 Å². The molecule has 0 unspecified atom stereocenters. The van der Waals surface area contributed by atoms with E-state index in [9.17, 15) is 14.7 Å². The molecule has 0 bridgehead atoms. The lowest BCUT2D eigenvalue weighted by Gasteiger charge is -2.17. The minimum atomic E-state index is -0.423. The molecule has 0 spiro atoms. The van der Waals surface area contributed by atoms with Crippen molar-refractivity contribution >= 4 is 38.6 Å². The van der Waals surface area contributed by atoms with Gasteiger partial charge in [0.2, 0.25) is 5.91 Å². The molecule has 0 aliphatic heterocycles. The van der Waals surface area contributed by atoms with Crippen LogP contribution in [0.25, 0.3) is 10.9 Å². The van der Waals surface area contributed by atoms with E-state index in [2.05, 4.69) is 43.4 Å². The number of benzene rings is 2. The van der Waals surface area contributed by atoms with Crippen molar-refractivity contribution < 1.29 is 14.7 Å². The Morgan fingerprint density at radius 2 is 2.03 bits per heavy atom. The maximum absolute atomic E-state index is 12.9. The fourth-order valence-electron chi connectivity index (χ4n) is 3.39. The number of aromatic nitrogens is 1. The molecule has 6 nitrogen and oxygen atoms in total. The number of nitrogens with one attached hydrogen (secondary N) is 3. The Morgan fingerprint density at radius 3 is 2.81 bits per heavy atom. The van der Waals surface area contributed by atoms with Crippen molar-refractivity contribution in [1.29, 1.82) is 0 Å². The quantitative estimate of drug-likeness (QED) is 0.284. The Bertz CT molecular complexity index is 1160. The summed E-state index contributed by atoms with van der Waals surface area (Å²) in [6, 6.07) is 12.9. The summed E-state index contributed by atoms with van der Waals surface area (Å²) in [5, 5.41) is 16.4. The summed E-state index contributed by atoms with van der Waals surface area (Å²) >= 11 is 3.43.